The van der Waals surface area contributed by atoms with Gasteiger partial charge in [-0.25, -0.2) is 4.98 Å². The zero-order valence-corrected chi connectivity index (χ0v) is 20.6. The summed E-state index contributed by atoms with van der Waals surface area (Å²) in [6.07, 6.45) is 0.946. The largest absolute Gasteiger partial charge is 0.345 e. The number of rotatable bonds is 3. The minimum absolute atomic E-state index is 0. The van der Waals surface area contributed by atoms with Crippen LogP contribution in [0.15, 0.2) is 24.3 Å². The Morgan fingerprint density at radius 1 is 1.07 bits per heavy atom. The summed E-state index contributed by atoms with van der Waals surface area (Å²) in [7, 11) is 0. The summed E-state index contributed by atoms with van der Waals surface area (Å²) >= 11 is 3.64. The first kappa shape index (κ1) is 25.8. The van der Waals surface area contributed by atoms with Gasteiger partial charge < -0.3 is 15.1 Å². The summed E-state index contributed by atoms with van der Waals surface area (Å²) in [5.41, 5.74) is 1.10. The molecule has 0 radical (unpaired) electrons. The topological polar surface area (TPSA) is 51.7 Å². The van der Waals surface area contributed by atoms with E-state index in [1.54, 1.807) is 11.3 Å². The summed E-state index contributed by atoms with van der Waals surface area (Å²) < 4.78 is 1.26. The van der Waals surface area contributed by atoms with E-state index in [9.17, 15) is 4.79 Å². The van der Waals surface area contributed by atoms with Gasteiger partial charge in [0.15, 0.2) is 5.13 Å². The van der Waals surface area contributed by atoms with Crippen LogP contribution >= 0.6 is 60.3 Å². The first-order chi connectivity index (χ1) is 13.3. The highest BCUT2D eigenvalue weighted by molar-refractivity contribution is 7.99. The Labute approximate surface area is 204 Å². The number of para-hydroxylation sites is 1. The molecule has 2 atom stereocenters. The minimum Gasteiger partial charge on any atom is -0.345 e. The van der Waals surface area contributed by atoms with Crippen LogP contribution in [-0.4, -0.2) is 83.7 Å². The lowest BCUT2D eigenvalue weighted by atomic mass is 10.1. The molecular weight excluding hydrogens is 485 g/mol. The van der Waals surface area contributed by atoms with Crippen molar-refractivity contribution in [1.82, 2.24) is 20.1 Å². The van der Waals surface area contributed by atoms with Gasteiger partial charge >= 0.3 is 0 Å². The van der Waals surface area contributed by atoms with Gasteiger partial charge in [-0.1, -0.05) is 23.5 Å². The number of thiazole rings is 1. The Hall–Kier alpha value is -0.480. The Kier molecular flexibility index (Phi) is 9.80. The molecule has 0 unspecified atom stereocenters. The van der Waals surface area contributed by atoms with Crippen LogP contribution in [0.3, 0.4) is 0 Å². The molecule has 0 aliphatic carbocycles. The van der Waals surface area contributed by atoms with Crippen LogP contribution in [0.5, 0.6) is 0 Å². The molecule has 0 spiro atoms. The second-order valence-electron chi connectivity index (χ2n) is 7.48. The summed E-state index contributed by atoms with van der Waals surface area (Å²) in [5.74, 6) is 2.24. The number of thioether (sulfide) groups is 1. The summed E-state index contributed by atoms with van der Waals surface area (Å²) in [5, 5.41) is 4.61. The fourth-order valence-electron chi connectivity index (χ4n) is 4.27. The number of hydrogen-bond donors (Lipinski definition) is 1. The van der Waals surface area contributed by atoms with Gasteiger partial charge in [0.2, 0.25) is 5.91 Å². The summed E-state index contributed by atoms with van der Waals surface area (Å²) in [6, 6.07) is 8.85. The van der Waals surface area contributed by atoms with Gasteiger partial charge in [-0.05, 0) is 18.6 Å². The van der Waals surface area contributed by atoms with E-state index in [4.69, 9.17) is 4.98 Å². The molecule has 1 aromatic heterocycles. The minimum atomic E-state index is 0. The van der Waals surface area contributed by atoms with Crippen molar-refractivity contribution in [1.29, 1.82) is 0 Å². The quantitative estimate of drug-likeness (QED) is 0.682. The van der Waals surface area contributed by atoms with E-state index in [0.29, 0.717) is 11.9 Å². The molecule has 1 amide bonds. The first-order valence-electron chi connectivity index (χ1n) is 9.72. The average molecular weight is 513 g/mol. The fourth-order valence-corrected chi connectivity index (χ4v) is 6.24. The molecule has 1 N–H and O–H groups in total. The van der Waals surface area contributed by atoms with E-state index in [1.165, 1.54) is 4.70 Å². The zero-order chi connectivity index (χ0) is 18.2. The number of amides is 1. The normalized spacial score (nSPS) is 24.3. The van der Waals surface area contributed by atoms with E-state index in [0.717, 1.165) is 68.0 Å². The number of nitrogens with zero attached hydrogens (tertiary/aromatic N) is 4. The number of halogens is 3. The van der Waals surface area contributed by atoms with Gasteiger partial charge in [0.05, 0.1) is 22.1 Å². The van der Waals surface area contributed by atoms with Gasteiger partial charge in [0.1, 0.15) is 0 Å². The predicted octanol–water partition coefficient (Wildman–Crippen LogP) is 2.95. The number of benzene rings is 1. The van der Waals surface area contributed by atoms with Crippen LogP contribution in [-0.2, 0) is 4.79 Å². The Morgan fingerprint density at radius 3 is 2.53 bits per heavy atom. The lowest BCUT2D eigenvalue weighted by Gasteiger charge is -2.37. The number of aromatic nitrogens is 1. The van der Waals surface area contributed by atoms with Gasteiger partial charge in [-0.15, -0.1) is 49.0 Å². The maximum Gasteiger partial charge on any atom is 0.240 e. The van der Waals surface area contributed by atoms with Gasteiger partial charge in [-0.2, -0.15) is 0 Å². The van der Waals surface area contributed by atoms with E-state index < -0.39 is 0 Å². The van der Waals surface area contributed by atoms with Crippen LogP contribution in [0.4, 0.5) is 5.13 Å². The van der Waals surface area contributed by atoms with Crippen molar-refractivity contribution in [2.75, 3.05) is 55.8 Å². The van der Waals surface area contributed by atoms with E-state index in [1.807, 2.05) is 16.7 Å². The van der Waals surface area contributed by atoms with Crippen molar-refractivity contribution >= 4 is 81.6 Å². The van der Waals surface area contributed by atoms with Gasteiger partial charge in [0, 0.05) is 51.1 Å². The van der Waals surface area contributed by atoms with Crippen molar-refractivity contribution < 1.29 is 4.79 Å². The number of carbonyl (C=O) groups is 1. The first-order valence-corrected chi connectivity index (χ1v) is 11.7. The van der Waals surface area contributed by atoms with Crippen molar-refractivity contribution in [3.8, 4) is 0 Å². The van der Waals surface area contributed by atoms with E-state index in [-0.39, 0.29) is 43.3 Å². The lowest BCUT2D eigenvalue weighted by molar-refractivity contribution is -0.131. The van der Waals surface area contributed by atoms with Crippen LogP contribution in [0.1, 0.15) is 6.42 Å². The SMILES string of the molecule is Cl.Cl.Cl.O=C([C@@H]1C[C@H](N2CCN(c3nc4ccccc4s3)CC2)CN1)N1CCSC1. The van der Waals surface area contributed by atoms with Crippen molar-refractivity contribution in [2.24, 2.45) is 0 Å². The second-order valence-corrected chi connectivity index (χ2v) is 9.56. The maximum atomic E-state index is 12.6. The van der Waals surface area contributed by atoms with Crippen LogP contribution < -0.4 is 10.2 Å². The monoisotopic (exact) mass is 511 g/mol. The molecular formula is C19H28Cl3N5OS2. The van der Waals surface area contributed by atoms with E-state index in [2.05, 4.69) is 39.4 Å². The van der Waals surface area contributed by atoms with Crippen LogP contribution in [0, 0.1) is 0 Å². The number of hydrogen-bond acceptors (Lipinski definition) is 7. The number of fused-ring (bicyclic) bond motifs is 1. The molecule has 1 aromatic carbocycles. The third-order valence-corrected chi connectivity index (χ3v) is 7.92. The highest BCUT2D eigenvalue weighted by Gasteiger charge is 2.36. The third-order valence-electron chi connectivity index (χ3n) is 5.85. The van der Waals surface area contributed by atoms with Crippen LogP contribution in [0.2, 0.25) is 0 Å². The molecule has 0 bridgehead atoms. The summed E-state index contributed by atoms with van der Waals surface area (Å²) in [4.78, 5) is 24.4. The Morgan fingerprint density at radius 2 is 1.83 bits per heavy atom. The molecule has 5 rings (SSSR count). The molecule has 11 heteroatoms. The maximum absolute atomic E-state index is 12.6. The number of anilines is 1. The average Bonchev–Trinajstić information content (AvgIpc) is 3.48. The molecule has 30 heavy (non-hydrogen) atoms. The van der Waals surface area contributed by atoms with Crippen molar-refractivity contribution in [3.63, 3.8) is 0 Å². The lowest BCUT2D eigenvalue weighted by Crippen LogP contribution is -2.51. The van der Waals surface area contributed by atoms with E-state index >= 15 is 0 Å². The Bertz CT molecular complexity index is 794. The third kappa shape index (κ3) is 5.28. The molecule has 6 nitrogen and oxygen atoms in total. The van der Waals surface area contributed by atoms with Crippen molar-refractivity contribution in [2.45, 2.75) is 18.5 Å². The molecule has 4 heterocycles. The van der Waals surface area contributed by atoms with Gasteiger partial charge in [0.25, 0.3) is 0 Å². The number of piperazine rings is 1. The molecule has 3 saturated heterocycles. The number of nitrogens with one attached hydrogen (secondary N) is 1. The second kappa shape index (κ2) is 11.4. The molecule has 0 saturated carbocycles. The Balaban J connectivity index is 0.00000107. The standard InChI is InChI=1S/C19H25N5OS2.3ClH/c25-18(24-9-10-26-13-24)16-11-14(12-20-16)22-5-7-23(8-6-22)19-21-15-3-1-2-4-17(15)27-19;;;/h1-4,14,16,20H,5-13H2;3*1H/t14-,16-;;;/m0.../s1. The van der Waals surface area contributed by atoms with Gasteiger partial charge in [-0.3, -0.25) is 9.69 Å². The zero-order valence-electron chi connectivity index (χ0n) is 16.6. The highest BCUT2D eigenvalue weighted by Crippen LogP contribution is 2.29. The molecule has 2 aromatic rings. The molecule has 3 fully saturated rings. The molecule has 3 aliphatic rings. The molecule has 168 valence electrons. The smallest absolute Gasteiger partial charge is 0.240 e. The molecule has 3 aliphatic heterocycles. The van der Waals surface area contributed by atoms with Crippen LogP contribution in [0.25, 0.3) is 10.2 Å². The summed E-state index contributed by atoms with van der Waals surface area (Å²) in [6.45, 7) is 5.95. The predicted molar refractivity (Wildman–Crippen MR) is 134 cm³/mol. The van der Waals surface area contributed by atoms with Crippen molar-refractivity contribution in [3.05, 3.63) is 24.3 Å². The highest BCUT2D eigenvalue weighted by atomic mass is 35.5. The fraction of sp³-hybridized carbons (Fsp3) is 0.579. The number of carbonyl (C=O) groups excluding carboxylic acids is 1.